The molecule has 0 aliphatic carbocycles. The number of hydrogen-bond donors (Lipinski definition) is 2. The van der Waals surface area contributed by atoms with Crippen molar-refractivity contribution < 1.29 is 14.6 Å². The van der Waals surface area contributed by atoms with Crippen LogP contribution in [0.4, 0.5) is 5.69 Å². The van der Waals surface area contributed by atoms with Gasteiger partial charge in [-0.1, -0.05) is 0 Å². The molecule has 1 aliphatic heterocycles. The van der Waals surface area contributed by atoms with E-state index in [1.54, 1.807) is 0 Å². The molecular formula is C8H7NO3. The number of nitrogens with two attached hydrogens (primary N) is 1. The van der Waals surface area contributed by atoms with Crippen LogP contribution in [-0.4, -0.2) is 17.5 Å². The first-order chi connectivity index (χ1) is 5.70. The average molecular weight is 165 g/mol. The van der Waals surface area contributed by atoms with E-state index in [0.29, 0.717) is 11.3 Å². The van der Waals surface area contributed by atoms with E-state index in [1.165, 1.54) is 12.1 Å². The molecule has 3 N–H and O–H groups in total. The zero-order valence-corrected chi connectivity index (χ0v) is 6.20. The highest BCUT2D eigenvalue weighted by Crippen LogP contribution is 2.35. The monoisotopic (exact) mass is 165 g/mol. The van der Waals surface area contributed by atoms with Gasteiger partial charge in [-0.3, -0.25) is 4.79 Å². The van der Waals surface area contributed by atoms with Gasteiger partial charge in [0.05, 0.1) is 11.3 Å². The van der Waals surface area contributed by atoms with E-state index >= 15 is 0 Å². The highest BCUT2D eigenvalue weighted by molar-refractivity contribution is 6.07. The fourth-order valence-electron chi connectivity index (χ4n) is 1.21. The number of rotatable bonds is 0. The van der Waals surface area contributed by atoms with Crippen LogP contribution < -0.4 is 10.5 Å². The predicted octanol–water partition coefficient (Wildman–Crippen LogP) is 0.549. The largest absolute Gasteiger partial charge is 0.506 e. The Bertz CT molecular complexity index is 360. The summed E-state index contributed by atoms with van der Waals surface area (Å²) in [6, 6.07) is 2.94. The molecule has 0 saturated carbocycles. The number of carbonyl (C=O) groups excluding carboxylic acids is 1. The molecule has 0 spiro atoms. The van der Waals surface area contributed by atoms with Crippen molar-refractivity contribution >= 4 is 11.5 Å². The van der Waals surface area contributed by atoms with E-state index in [1.807, 2.05) is 0 Å². The van der Waals surface area contributed by atoms with E-state index in [4.69, 9.17) is 15.6 Å². The summed E-state index contributed by atoms with van der Waals surface area (Å²) in [6.07, 6.45) is 0. The average Bonchev–Trinajstić information content (AvgIpc) is 2.41. The zero-order valence-electron chi connectivity index (χ0n) is 6.20. The maximum Gasteiger partial charge on any atom is 0.206 e. The number of ether oxygens (including phenoxy) is 1. The van der Waals surface area contributed by atoms with Crippen LogP contribution in [0.2, 0.25) is 0 Å². The molecular weight excluding hydrogens is 158 g/mol. The molecule has 0 aromatic heterocycles. The van der Waals surface area contributed by atoms with Gasteiger partial charge in [0.25, 0.3) is 0 Å². The second-order valence-corrected chi connectivity index (χ2v) is 2.58. The van der Waals surface area contributed by atoms with Crippen molar-refractivity contribution in [3.63, 3.8) is 0 Å². The Labute approximate surface area is 68.6 Å². The molecule has 2 rings (SSSR count). The molecule has 12 heavy (non-hydrogen) atoms. The Morgan fingerprint density at radius 3 is 3.00 bits per heavy atom. The number of anilines is 1. The Morgan fingerprint density at radius 2 is 2.25 bits per heavy atom. The normalized spacial score (nSPS) is 14.2. The minimum Gasteiger partial charge on any atom is -0.506 e. The fraction of sp³-hybridized carbons (Fsp3) is 0.125. The van der Waals surface area contributed by atoms with Gasteiger partial charge in [0, 0.05) is 0 Å². The van der Waals surface area contributed by atoms with E-state index in [2.05, 4.69) is 0 Å². The van der Waals surface area contributed by atoms with E-state index in [0.717, 1.165) is 0 Å². The van der Waals surface area contributed by atoms with Crippen LogP contribution in [0, 0.1) is 0 Å². The minimum atomic E-state index is -0.182. The second-order valence-electron chi connectivity index (χ2n) is 2.58. The molecule has 1 aromatic carbocycles. The topological polar surface area (TPSA) is 72.5 Å². The van der Waals surface area contributed by atoms with Gasteiger partial charge in [0.15, 0.2) is 6.61 Å². The van der Waals surface area contributed by atoms with Gasteiger partial charge in [-0.15, -0.1) is 0 Å². The summed E-state index contributed by atoms with van der Waals surface area (Å²) in [6.45, 7) is 0.0169. The number of carbonyl (C=O) groups is 1. The van der Waals surface area contributed by atoms with Gasteiger partial charge in [-0.25, -0.2) is 0 Å². The zero-order chi connectivity index (χ0) is 8.72. The number of benzene rings is 1. The summed E-state index contributed by atoms with van der Waals surface area (Å²) in [7, 11) is 0. The Morgan fingerprint density at radius 1 is 1.50 bits per heavy atom. The SMILES string of the molecule is Nc1c(O)ccc2c1C(=O)CO2. The summed E-state index contributed by atoms with van der Waals surface area (Å²) in [4.78, 5) is 11.1. The van der Waals surface area contributed by atoms with Crippen LogP contribution in [0.1, 0.15) is 10.4 Å². The first-order valence-electron chi connectivity index (χ1n) is 3.47. The number of Topliss-reactive ketones (excluding diaryl/α,β-unsaturated/α-hetero) is 1. The number of phenolic OH excluding ortho intramolecular Hbond substituents is 1. The lowest BCUT2D eigenvalue weighted by Gasteiger charge is -2.01. The summed E-state index contributed by atoms with van der Waals surface area (Å²) >= 11 is 0. The summed E-state index contributed by atoms with van der Waals surface area (Å²) in [5.74, 6) is 0.196. The molecule has 0 unspecified atom stereocenters. The fourth-order valence-corrected chi connectivity index (χ4v) is 1.21. The molecule has 0 radical (unpaired) electrons. The molecule has 62 valence electrons. The van der Waals surface area contributed by atoms with Gasteiger partial charge in [-0.05, 0) is 12.1 Å². The molecule has 0 fully saturated rings. The third-order valence-electron chi connectivity index (χ3n) is 1.82. The van der Waals surface area contributed by atoms with Crippen molar-refractivity contribution in [1.29, 1.82) is 0 Å². The predicted molar refractivity (Wildman–Crippen MR) is 42.3 cm³/mol. The van der Waals surface area contributed by atoms with Crippen molar-refractivity contribution in [2.24, 2.45) is 0 Å². The lowest BCUT2D eigenvalue weighted by Crippen LogP contribution is -2.02. The van der Waals surface area contributed by atoms with Crippen LogP contribution in [0.5, 0.6) is 11.5 Å². The molecule has 0 saturated heterocycles. The molecule has 1 aromatic rings. The number of fused-ring (bicyclic) bond motifs is 1. The highest BCUT2D eigenvalue weighted by Gasteiger charge is 2.25. The van der Waals surface area contributed by atoms with Gasteiger partial charge in [-0.2, -0.15) is 0 Å². The summed E-state index contributed by atoms with van der Waals surface area (Å²) in [5.41, 5.74) is 5.88. The lowest BCUT2D eigenvalue weighted by molar-refractivity contribution is 0.0961. The maximum absolute atomic E-state index is 11.1. The smallest absolute Gasteiger partial charge is 0.206 e. The van der Waals surface area contributed by atoms with E-state index in [9.17, 15) is 4.79 Å². The van der Waals surface area contributed by atoms with Crippen LogP contribution in [0.15, 0.2) is 12.1 Å². The summed E-state index contributed by atoms with van der Waals surface area (Å²) in [5, 5.41) is 9.17. The van der Waals surface area contributed by atoms with Crippen LogP contribution in [0.25, 0.3) is 0 Å². The highest BCUT2D eigenvalue weighted by atomic mass is 16.5. The number of aromatic hydroxyl groups is 1. The third kappa shape index (κ3) is 0.747. The van der Waals surface area contributed by atoms with Crippen LogP contribution >= 0.6 is 0 Å². The number of phenols is 1. The Balaban J connectivity index is 2.71. The molecule has 4 nitrogen and oxygen atoms in total. The third-order valence-corrected chi connectivity index (χ3v) is 1.82. The number of nitrogen functional groups attached to an aromatic ring is 1. The van der Waals surface area contributed by atoms with Gasteiger partial charge < -0.3 is 15.6 Å². The number of ketones is 1. The quantitative estimate of drug-likeness (QED) is 0.435. The summed E-state index contributed by atoms with van der Waals surface area (Å²) < 4.78 is 5.01. The first kappa shape index (κ1) is 6.97. The Hall–Kier alpha value is -1.71. The molecule has 0 atom stereocenters. The first-order valence-corrected chi connectivity index (χ1v) is 3.47. The van der Waals surface area contributed by atoms with E-state index in [-0.39, 0.29) is 23.8 Å². The Kier molecular flexibility index (Phi) is 1.24. The minimum absolute atomic E-state index is 0.0169. The second kappa shape index (κ2) is 2.14. The van der Waals surface area contributed by atoms with Crippen molar-refractivity contribution in [2.45, 2.75) is 0 Å². The van der Waals surface area contributed by atoms with Crippen molar-refractivity contribution in [2.75, 3.05) is 12.3 Å². The number of hydrogen-bond acceptors (Lipinski definition) is 4. The van der Waals surface area contributed by atoms with Gasteiger partial charge in [0.1, 0.15) is 11.5 Å². The molecule has 1 aliphatic rings. The molecule has 0 amide bonds. The molecule has 4 heteroatoms. The van der Waals surface area contributed by atoms with E-state index < -0.39 is 0 Å². The van der Waals surface area contributed by atoms with Gasteiger partial charge >= 0.3 is 0 Å². The van der Waals surface area contributed by atoms with Gasteiger partial charge in [0.2, 0.25) is 5.78 Å². The van der Waals surface area contributed by atoms with Crippen molar-refractivity contribution in [3.05, 3.63) is 17.7 Å². The van der Waals surface area contributed by atoms with Crippen molar-refractivity contribution in [3.8, 4) is 11.5 Å². The van der Waals surface area contributed by atoms with Crippen molar-refractivity contribution in [1.82, 2.24) is 0 Å². The molecule has 0 bridgehead atoms. The van der Waals surface area contributed by atoms with Crippen LogP contribution in [0.3, 0.4) is 0 Å². The maximum atomic E-state index is 11.1. The lowest BCUT2D eigenvalue weighted by atomic mass is 10.1. The molecule has 1 heterocycles. The van der Waals surface area contributed by atoms with Crippen LogP contribution in [-0.2, 0) is 0 Å². The standard InChI is InChI=1S/C8H7NO3/c9-8-4(10)1-2-6-7(8)5(11)3-12-6/h1-2,10H,3,9H2.